The summed E-state index contributed by atoms with van der Waals surface area (Å²) in [6, 6.07) is -0.464. The summed E-state index contributed by atoms with van der Waals surface area (Å²) < 4.78 is 0. The number of halogens is 1. The zero-order valence-corrected chi connectivity index (χ0v) is 25.2. The molecule has 0 radical (unpaired) electrons. The third-order valence-corrected chi connectivity index (χ3v) is 11.7. The van der Waals surface area contributed by atoms with Crippen LogP contribution in [0, 0.1) is 57.2 Å². The molecule has 9 atom stereocenters. The van der Waals surface area contributed by atoms with E-state index in [4.69, 9.17) is 11.6 Å². The van der Waals surface area contributed by atoms with E-state index < -0.39 is 6.03 Å². The van der Waals surface area contributed by atoms with Gasteiger partial charge in [-0.2, -0.15) is 5.01 Å². The van der Waals surface area contributed by atoms with Crippen LogP contribution >= 0.6 is 11.6 Å². The molecule has 0 aromatic heterocycles. The number of fused-ring (bicyclic) bond motifs is 5. The van der Waals surface area contributed by atoms with Crippen LogP contribution in [0.4, 0.5) is 4.79 Å². The Bertz CT molecular complexity index is 880. The normalized spacial score (nSPS) is 39.0. The molecule has 0 aliphatic heterocycles. The van der Waals surface area contributed by atoms with Gasteiger partial charge in [-0.05, 0) is 97.2 Å². The number of rotatable bonds is 10. The van der Waals surface area contributed by atoms with Gasteiger partial charge in [0, 0.05) is 12.4 Å². The Morgan fingerprint density at radius 2 is 1.92 bits per heavy atom. The minimum absolute atomic E-state index is 0.107. The fourth-order valence-electron chi connectivity index (χ4n) is 9.58. The van der Waals surface area contributed by atoms with Gasteiger partial charge in [0.15, 0.2) is 0 Å². The molecule has 3 saturated carbocycles. The number of aliphatic hydroxyl groups excluding tert-OH is 1. The highest BCUT2D eigenvalue weighted by Crippen LogP contribution is 2.68. The fraction of sp³-hybridized carbons (Fsp3) is 0.903. The highest BCUT2D eigenvalue weighted by atomic mass is 35.5. The standard InChI is InChI=1S/C31H52ClN3O3/c1-20(2)7-6-8-21(3)25-9-10-26-28-22(19-33-29(37)35(34-38)16-15-32)17-23-18-24(36)11-13-30(23,4)27(28)12-14-31(25,26)5/h17,20-22,24-28,36H,6-16,18-19H2,1-5H3,(H,33,37)/t21-,22-,24+,25-,26+,27+,28+,30+,31-/m1/s1. The van der Waals surface area contributed by atoms with Crippen LogP contribution in [0.25, 0.3) is 0 Å². The highest BCUT2D eigenvalue weighted by Gasteiger charge is 2.61. The zero-order chi connectivity index (χ0) is 27.7. The summed E-state index contributed by atoms with van der Waals surface area (Å²) in [4.78, 5) is 23.9. The number of nitrogens with zero attached hydrogens (tertiary/aromatic N) is 2. The average molecular weight is 550 g/mol. The first-order valence-electron chi connectivity index (χ1n) is 15.4. The van der Waals surface area contributed by atoms with Crippen molar-refractivity contribution >= 4 is 17.6 Å². The molecular formula is C31H52ClN3O3. The van der Waals surface area contributed by atoms with Gasteiger partial charge in [0.1, 0.15) is 0 Å². The SMILES string of the molecule is CC(C)CCC[C@@H](C)[C@H]1CC[C@H]2[C@@H]3[C@@H](CNC(=O)N(CCCl)N=O)C=C4C[C@@H](O)CC[C@]4(C)[C@H]3CC[C@]12C. The van der Waals surface area contributed by atoms with Crippen molar-refractivity contribution in [2.75, 3.05) is 19.0 Å². The molecule has 4 aliphatic rings. The Labute approximate surface area is 235 Å². The summed E-state index contributed by atoms with van der Waals surface area (Å²) in [5.74, 6) is 4.40. The van der Waals surface area contributed by atoms with Gasteiger partial charge in [0.25, 0.3) is 0 Å². The lowest BCUT2D eigenvalue weighted by Crippen LogP contribution is -2.55. The molecule has 4 rings (SSSR count). The van der Waals surface area contributed by atoms with Crippen molar-refractivity contribution in [3.63, 3.8) is 0 Å². The topological polar surface area (TPSA) is 82.0 Å². The van der Waals surface area contributed by atoms with Crippen LogP contribution < -0.4 is 5.32 Å². The van der Waals surface area contributed by atoms with Crippen molar-refractivity contribution < 1.29 is 9.90 Å². The predicted molar refractivity (Wildman–Crippen MR) is 155 cm³/mol. The van der Waals surface area contributed by atoms with E-state index in [2.05, 4.69) is 51.3 Å². The third kappa shape index (κ3) is 5.68. The van der Waals surface area contributed by atoms with Crippen LogP contribution in [-0.4, -0.2) is 41.2 Å². The number of hydrogen-bond acceptors (Lipinski definition) is 4. The van der Waals surface area contributed by atoms with Crippen LogP contribution in [-0.2, 0) is 0 Å². The molecule has 0 aromatic rings. The maximum Gasteiger partial charge on any atom is 0.340 e. The Hall–Kier alpha value is -1.14. The Morgan fingerprint density at radius 3 is 2.61 bits per heavy atom. The van der Waals surface area contributed by atoms with E-state index in [0.29, 0.717) is 29.7 Å². The lowest BCUT2D eigenvalue weighted by molar-refractivity contribution is -0.0751. The molecule has 4 aliphatic carbocycles. The molecule has 2 N–H and O–H groups in total. The van der Waals surface area contributed by atoms with E-state index >= 15 is 0 Å². The molecule has 0 bridgehead atoms. The molecule has 7 heteroatoms. The van der Waals surface area contributed by atoms with Gasteiger partial charge in [0.05, 0.1) is 17.9 Å². The van der Waals surface area contributed by atoms with Crippen LogP contribution in [0.3, 0.4) is 0 Å². The minimum atomic E-state index is -0.464. The number of nitrogens with one attached hydrogen (secondary N) is 1. The number of alkyl halides is 1. The second kappa shape index (κ2) is 12.2. The van der Waals surface area contributed by atoms with Crippen molar-refractivity contribution in [1.82, 2.24) is 10.3 Å². The molecule has 0 saturated heterocycles. The second-order valence-electron chi connectivity index (χ2n) is 14.1. The quantitative estimate of drug-likeness (QED) is 0.128. The zero-order valence-electron chi connectivity index (χ0n) is 24.4. The van der Waals surface area contributed by atoms with E-state index in [9.17, 15) is 14.8 Å². The van der Waals surface area contributed by atoms with Crippen LogP contribution in [0.15, 0.2) is 16.9 Å². The number of nitroso groups, excluding NO2 is 1. The first-order valence-corrected chi connectivity index (χ1v) is 15.9. The Balaban J connectivity index is 1.58. The fourth-order valence-corrected chi connectivity index (χ4v) is 9.74. The van der Waals surface area contributed by atoms with E-state index in [1.807, 2.05) is 0 Å². The summed E-state index contributed by atoms with van der Waals surface area (Å²) in [5, 5.41) is 17.3. The monoisotopic (exact) mass is 549 g/mol. The first-order chi connectivity index (χ1) is 18.0. The molecule has 2 amide bonds. The van der Waals surface area contributed by atoms with Crippen LogP contribution in [0.5, 0.6) is 0 Å². The van der Waals surface area contributed by atoms with Crippen molar-refractivity contribution in [2.24, 2.45) is 57.5 Å². The average Bonchev–Trinajstić information content (AvgIpc) is 3.23. The van der Waals surface area contributed by atoms with Gasteiger partial charge in [-0.1, -0.05) is 65.5 Å². The molecule has 0 aromatic carbocycles. The maximum atomic E-state index is 12.7. The van der Waals surface area contributed by atoms with Gasteiger partial charge in [0.2, 0.25) is 0 Å². The molecular weight excluding hydrogens is 498 g/mol. The van der Waals surface area contributed by atoms with Crippen molar-refractivity contribution in [3.05, 3.63) is 16.6 Å². The molecule has 38 heavy (non-hydrogen) atoms. The lowest BCUT2D eigenvalue weighted by Gasteiger charge is -2.60. The summed E-state index contributed by atoms with van der Waals surface area (Å²) >= 11 is 5.77. The Kier molecular flexibility index (Phi) is 9.55. The maximum absolute atomic E-state index is 12.7. The van der Waals surface area contributed by atoms with Crippen molar-refractivity contribution in [2.45, 2.75) is 105 Å². The number of carbonyl (C=O) groups excluding carboxylic acids is 1. The third-order valence-electron chi connectivity index (χ3n) is 11.6. The van der Waals surface area contributed by atoms with Crippen molar-refractivity contribution in [3.8, 4) is 0 Å². The molecule has 3 fully saturated rings. The predicted octanol–water partition coefficient (Wildman–Crippen LogP) is 7.55. The van der Waals surface area contributed by atoms with E-state index in [1.165, 1.54) is 50.5 Å². The van der Waals surface area contributed by atoms with Crippen molar-refractivity contribution in [1.29, 1.82) is 0 Å². The molecule has 0 unspecified atom stereocenters. The van der Waals surface area contributed by atoms with Gasteiger partial charge in [-0.15, -0.1) is 16.5 Å². The molecule has 0 spiro atoms. The Morgan fingerprint density at radius 1 is 1.16 bits per heavy atom. The summed E-state index contributed by atoms with van der Waals surface area (Å²) in [6.45, 7) is 12.8. The minimum Gasteiger partial charge on any atom is -0.393 e. The van der Waals surface area contributed by atoms with Crippen LogP contribution in [0.1, 0.15) is 98.8 Å². The summed E-state index contributed by atoms with van der Waals surface area (Å²) in [5.41, 5.74) is 1.87. The number of aliphatic hydroxyl groups is 1. The largest absolute Gasteiger partial charge is 0.393 e. The number of amides is 2. The van der Waals surface area contributed by atoms with E-state index in [1.54, 1.807) is 0 Å². The molecule has 6 nitrogen and oxygen atoms in total. The van der Waals surface area contributed by atoms with Gasteiger partial charge < -0.3 is 10.4 Å². The lowest BCUT2D eigenvalue weighted by atomic mass is 9.45. The molecule has 216 valence electrons. The van der Waals surface area contributed by atoms with Gasteiger partial charge >= 0.3 is 6.03 Å². The van der Waals surface area contributed by atoms with E-state index in [-0.39, 0.29) is 29.9 Å². The highest BCUT2D eigenvalue weighted by molar-refractivity contribution is 6.18. The first kappa shape index (κ1) is 29.8. The molecule has 0 heterocycles. The number of urea groups is 1. The smallest absolute Gasteiger partial charge is 0.340 e. The second-order valence-corrected chi connectivity index (χ2v) is 14.4. The van der Waals surface area contributed by atoms with Gasteiger partial charge in [-0.25, -0.2) is 4.79 Å². The van der Waals surface area contributed by atoms with Gasteiger partial charge in [-0.3, -0.25) is 0 Å². The number of carbonyl (C=O) groups is 1. The summed E-state index contributed by atoms with van der Waals surface area (Å²) in [7, 11) is 0. The van der Waals surface area contributed by atoms with Crippen LogP contribution in [0.2, 0.25) is 0 Å². The van der Waals surface area contributed by atoms with E-state index in [0.717, 1.165) is 42.0 Å². The summed E-state index contributed by atoms with van der Waals surface area (Å²) in [6.07, 6.45) is 13.9. The number of hydrogen-bond donors (Lipinski definition) is 2.